The maximum atomic E-state index is 10.7. The van der Waals surface area contributed by atoms with Gasteiger partial charge >= 0.3 is 5.97 Å². The van der Waals surface area contributed by atoms with E-state index in [9.17, 15) is 4.79 Å². The molecule has 21 heavy (non-hydrogen) atoms. The van der Waals surface area contributed by atoms with Gasteiger partial charge in [0.1, 0.15) is 0 Å². The van der Waals surface area contributed by atoms with Crippen LogP contribution < -0.4 is 0 Å². The molecule has 0 saturated carbocycles. The van der Waals surface area contributed by atoms with Crippen molar-refractivity contribution in [1.82, 2.24) is 4.98 Å². The van der Waals surface area contributed by atoms with Crippen molar-refractivity contribution in [3.05, 3.63) is 35.5 Å². The number of carbonyl (C=O) groups is 1. The molecular weight excluding hydrogens is 264 g/mol. The SMILES string of the molecule is CC1(C)Cc2[nH]c3ccccc3c2C(CCCC(=O)O)=N1. The number of hydrogen-bond donors (Lipinski definition) is 2. The summed E-state index contributed by atoms with van der Waals surface area (Å²) in [6.07, 6.45) is 2.42. The van der Waals surface area contributed by atoms with Gasteiger partial charge in [-0.15, -0.1) is 0 Å². The summed E-state index contributed by atoms with van der Waals surface area (Å²) in [6, 6.07) is 8.24. The van der Waals surface area contributed by atoms with Gasteiger partial charge in [-0.05, 0) is 32.8 Å². The maximum absolute atomic E-state index is 10.7. The third-order valence-electron chi connectivity index (χ3n) is 3.92. The Morgan fingerprint density at radius 2 is 2.14 bits per heavy atom. The normalized spacial score (nSPS) is 16.6. The highest BCUT2D eigenvalue weighted by atomic mass is 16.4. The van der Waals surface area contributed by atoms with Crippen molar-refractivity contribution in [1.29, 1.82) is 0 Å². The quantitative estimate of drug-likeness (QED) is 0.901. The average molecular weight is 284 g/mol. The molecule has 1 aliphatic heterocycles. The van der Waals surface area contributed by atoms with Crippen LogP contribution in [0.3, 0.4) is 0 Å². The van der Waals surface area contributed by atoms with E-state index >= 15 is 0 Å². The minimum absolute atomic E-state index is 0.133. The molecule has 2 heterocycles. The summed E-state index contributed by atoms with van der Waals surface area (Å²) in [5, 5.41) is 10.0. The first kappa shape index (κ1) is 13.9. The molecule has 0 unspecified atom stereocenters. The Bertz CT molecular complexity index is 725. The lowest BCUT2D eigenvalue weighted by molar-refractivity contribution is -0.137. The van der Waals surface area contributed by atoms with Crippen molar-refractivity contribution in [3.8, 4) is 0 Å². The van der Waals surface area contributed by atoms with Crippen molar-refractivity contribution >= 4 is 22.6 Å². The predicted octanol–water partition coefficient (Wildman–Crippen LogP) is 3.55. The van der Waals surface area contributed by atoms with Crippen LogP contribution in [0, 0.1) is 0 Å². The highest BCUT2D eigenvalue weighted by Crippen LogP contribution is 2.33. The molecule has 110 valence electrons. The second-order valence-corrected chi connectivity index (χ2v) is 6.32. The van der Waals surface area contributed by atoms with E-state index in [0.717, 1.165) is 17.6 Å². The van der Waals surface area contributed by atoms with Gasteiger partial charge in [-0.2, -0.15) is 0 Å². The fourth-order valence-electron chi connectivity index (χ4n) is 3.14. The van der Waals surface area contributed by atoms with Crippen molar-refractivity contribution in [2.75, 3.05) is 0 Å². The van der Waals surface area contributed by atoms with Crippen LogP contribution in [0.4, 0.5) is 0 Å². The van der Waals surface area contributed by atoms with Crippen LogP contribution in [0.5, 0.6) is 0 Å². The van der Waals surface area contributed by atoms with Gasteiger partial charge in [0.2, 0.25) is 0 Å². The number of carboxylic acid groups (broad SMARTS) is 1. The van der Waals surface area contributed by atoms with Gasteiger partial charge in [0, 0.05) is 40.7 Å². The predicted molar refractivity (Wildman–Crippen MR) is 84.1 cm³/mol. The number of para-hydroxylation sites is 1. The Balaban J connectivity index is 2.01. The van der Waals surface area contributed by atoms with Crippen LogP contribution in [0.25, 0.3) is 10.9 Å². The Morgan fingerprint density at radius 1 is 1.38 bits per heavy atom. The van der Waals surface area contributed by atoms with Crippen LogP contribution in [-0.2, 0) is 11.2 Å². The fourth-order valence-corrected chi connectivity index (χ4v) is 3.14. The number of aliphatic carboxylic acids is 1. The van der Waals surface area contributed by atoms with Gasteiger partial charge < -0.3 is 10.1 Å². The third-order valence-corrected chi connectivity index (χ3v) is 3.92. The topological polar surface area (TPSA) is 65.5 Å². The maximum Gasteiger partial charge on any atom is 0.303 e. The fraction of sp³-hybridized carbons (Fsp3) is 0.412. The molecule has 0 saturated heterocycles. The second kappa shape index (κ2) is 5.02. The summed E-state index contributed by atoms with van der Waals surface area (Å²) in [6.45, 7) is 4.25. The first-order valence-corrected chi connectivity index (χ1v) is 7.37. The standard InChI is InChI=1S/C17H20N2O2/c1-17(2)10-14-16(11-6-3-4-7-12(11)18-14)13(19-17)8-5-9-15(20)21/h3-4,6-7,18H,5,8-10H2,1-2H3,(H,20,21). The molecule has 0 amide bonds. The minimum Gasteiger partial charge on any atom is -0.481 e. The van der Waals surface area contributed by atoms with E-state index < -0.39 is 5.97 Å². The summed E-state index contributed by atoms with van der Waals surface area (Å²) in [7, 11) is 0. The van der Waals surface area contributed by atoms with Crippen LogP contribution in [0.2, 0.25) is 0 Å². The zero-order valence-corrected chi connectivity index (χ0v) is 12.4. The number of nitrogens with zero attached hydrogens (tertiary/aromatic N) is 1. The second-order valence-electron chi connectivity index (χ2n) is 6.32. The number of rotatable bonds is 4. The van der Waals surface area contributed by atoms with E-state index in [1.165, 1.54) is 16.6 Å². The molecule has 2 aromatic rings. The molecule has 0 atom stereocenters. The number of H-pyrrole nitrogens is 1. The zero-order chi connectivity index (χ0) is 15.0. The van der Waals surface area contributed by atoms with Gasteiger partial charge in [0.05, 0.1) is 5.54 Å². The molecule has 1 aliphatic rings. The summed E-state index contributed by atoms with van der Waals surface area (Å²) in [5.74, 6) is -0.746. The van der Waals surface area contributed by atoms with Crippen molar-refractivity contribution < 1.29 is 9.90 Å². The lowest BCUT2D eigenvalue weighted by atomic mass is 9.89. The Hall–Kier alpha value is -2.10. The summed E-state index contributed by atoms with van der Waals surface area (Å²) >= 11 is 0. The van der Waals surface area contributed by atoms with Gasteiger partial charge in [0.25, 0.3) is 0 Å². The number of fused-ring (bicyclic) bond motifs is 3. The molecule has 0 radical (unpaired) electrons. The number of hydrogen-bond acceptors (Lipinski definition) is 2. The number of benzene rings is 1. The average Bonchev–Trinajstić information content (AvgIpc) is 2.74. The first-order chi connectivity index (χ1) is 9.96. The molecule has 1 aromatic heterocycles. The molecule has 1 aromatic carbocycles. The molecule has 0 spiro atoms. The van der Waals surface area contributed by atoms with Crippen molar-refractivity contribution in [2.24, 2.45) is 4.99 Å². The Labute approximate surface area is 123 Å². The van der Waals surface area contributed by atoms with Crippen LogP contribution in [-0.4, -0.2) is 27.3 Å². The zero-order valence-electron chi connectivity index (χ0n) is 12.4. The van der Waals surface area contributed by atoms with E-state index in [-0.39, 0.29) is 12.0 Å². The Kier molecular flexibility index (Phi) is 3.32. The van der Waals surface area contributed by atoms with Crippen molar-refractivity contribution in [2.45, 2.75) is 45.1 Å². The van der Waals surface area contributed by atoms with E-state index in [2.05, 4.69) is 31.0 Å². The lowest BCUT2D eigenvalue weighted by Gasteiger charge is -2.27. The molecule has 4 heteroatoms. The molecule has 4 nitrogen and oxygen atoms in total. The number of aliphatic imine (C=N–C) groups is 1. The molecule has 0 fully saturated rings. The molecular formula is C17H20N2O2. The van der Waals surface area contributed by atoms with Crippen LogP contribution in [0.15, 0.2) is 29.3 Å². The van der Waals surface area contributed by atoms with E-state index in [4.69, 9.17) is 10.1 Å². The smallest absolute Gasteiger partial charge is 0.303 e. The minimum atomic E-state index is -0.746. The number of aromatic amines is 1. The highest BCUT2D eigenvalue weighted by Gasteiger charge is 2.29. The largest absolute Gasteiger partial charge is 0.481 e. The summed E-state index contributed by atoms with van der Waals surface area (Å²) in [4.78, 5) is 19.1. The van der Waals surface area contributed by atoms with Crippen LogP contribution >= 0.6 is 0 Å². The number of nitrogens with one attached hydrogen (secondary N) is 1. The van der Waals surface area contributed by atoms with Crippen molar-refractivity contribution in [3.63, 3.8) is 0 Å². The van der Waals surface area contributed by atoms with Gasteiger partial charge in [-0.25, -0.2) is 0 Å². The van der Waals surface area contributed by atoms with Gasteiger partial charge in [-0.3, -0.25) is 9.79 Å². The number of aromatic nitrogens is 1. The van der Waals surface area contributed by atoms with E-state index in [0.29, 0.717) is 12.8 Å². The third kappa shape index (κ3) is 2.71. The summed E-state index contributed by atoms with van der Waals surface area (Å²) in [5.41, 5.74) is 4.45. The van der Waals surface area contributed by atoms with Gasteiger partial charge in [0.15, 0.2) is 0 Å². The molecule has 0 aliphatic carbocycles. The van der Waals surface area contributed by atoms with E-state index in [1.54, 1.807) is 0 Å². The van der Waals surface area contributed by atoms with E-state index in [1.807, 2.05) is 12.1 Å². The van der Waals surface area contributed by atoms with Gasteiger partial charge in [-0.1, -0.05) is 18.2 Å². The molecule has 3 rings (SSSR count). The number of carboxylic acids is 1. The van der Waals surface area contributed by atoms with Crippen LogP contribution in [0.1, 0.15) is 44.4 Å². The molecule has 2 N–H and O–H groups in total. The lowest BCUT2D eigenvalue weighted by Crippen LogP contribution is -2.28. The highest BCUT2D eigenvalue weighted by molar-refractivity contribution is 6.12. The summed E-state index contributed by atoms with van der Waals surface area (Å²) < 4.78 is 0. The Morgan fingerprint density at radius 3 is 2.90 bits per heavy atom. The first-order valence-electron chi connectivity index (χ1n) is 7.37. The monoisotopic (exact) mass is 284 g/mol. The molecule has 0 bridgehead atoms.